The zero-order chi connectivity index (χ0) is 14.5. The Kier molecular flexibility index (Phi) is 5.81. The van der Waals surface area contributed by atoms with Gasteiger partial charge in [-0.3, -0.25) is 11.3 Å². The molecule has 0 spiro atoms. The summed E-state index contributed by atoms with van der Waals surface area (Å²) in [7, 11) is 4.39. The molecule has 2 rings (SSSR count). The standard InChI is InChI=1S/C15H25ClN4/c1-19-7-8-20(2)15(11-19)10-14(18-17)9-12-3-5-13(16)6-4-12/h3-6,14-15,18H,7-11,17H2,1-2H3. The van der Waals surface area contributed by atoms with Crippen LogP contribution in [0.4, 0.5) is 0 Å². The third-order valence-electron chi connectivity index (χ3n) is 4.17. The number of hydrazine groups is 1. The molecule has 1 aliphatic rings. The topological polar surface area (TPSA) is 44.5 Å². The summed E-state index contributed by atoms with van der Waals surface area (Å²) in [6.07, 6.45) is 1.99. The first kappa shape index (κ1) is 15.7. The van der Waals surface area contributed by atoms with Crippen LogP contribution in [0.1, 0.15) is 12.0 Å². The van der Waals surface area contributed by atoms with E-state index in [1.54, 1.807) is 0 Å². The minimum absolute atomic E-state index is 0.287. The molecule has 1 aromatic rings. The second-order valence-corrected chi connectivity index (χ2v) is 6.26. The molecule has 112 valence electrons. The number of hydrogen-bond acceptors (Lipinski definition) is 4. The Bertz CT molecular complexity index is 409. The van der Waals surface area contributed by atoms with Crippen LogP contribution in [0.3, 0.4) is 0 Å². The first-order valence-electron chi connectivity index (χ1n) is 7.18. The molecule has 1 aliphatic heterocycles. The van der Waals surface area contributed by atoms with E-state index in [1.807, 2.05) is 12.1 Å². The molecule has 0 aromatic heterocycles. The Balaban J connectivity index is 1.92. The molecule has 5 heteroatoms. The van der Waals surface area contributed by atoms with Gasteiger partial charge >= 0.3 is 0 Å². The molecule has 0 saturated carbocycles. The van der Waals surface area contributed by atoms with Crippen LogP contribution in [0.15, 0.2) is 24.3 Å². The highest BCUT2D eigenvalue weighted by atomic mass is 35.5. The average molecular weight is 297 g/mol. The van der Waals surface area contributed by atoms with Crippen LogP contribution in [-0.4, -0.2) is 55.6 Å². The summed E-state index contributed by atoms with van der Waals surface area (Å²) in [6, 6.07) is 8.86. The SMILES string of the molecule is CN1CCN(C)C(CC(Cc2ccc(Cl)cc2)NN)C1. The van der Waals surface area contributed by atoms with Gasteiger partial charge in [0.1, 0.15) is 0 Å². The van der Waals surface area contributed by atoms with Crippen molar-refractivity contribution in [1.82, 2.24) is 15.2 Å². The number of nitrogens with two attached hydrogens (primary N) is 1. The summed E-state index contributed by atoms with van der Waals surface area (Å²) in [4.78, 5) is 4.83. The van der Waals surface area contributed by atoms with Gasteiger partial charge in [-0.25, -0.2) is 0 Å². The third-order valence-corrected chi connectivity index (χ3v) is 4.42. The van der Waals surface area contributed by atoms with Gasteiger partial charge in [-0.2, -0.15) is 0 Å². The van der Waals surface area contributed by atoms with Crippen LogP contribution in [0.2, 0.25) is 5.02 Å². The highest BCUT2D eigenvalue weighted by Gasteiger charge is 2.24. The Labute approximate surface area is 126 Å². The van der Waals surface area contributed by atoms with Crippen molar-refractivity contribution in [2.24, 2.45) is 5.84 Å². The summed E-state index contributed by atoms with van der Waals surface area (Å²) < 4.78 is 0. The Morgan fingerprint density at radius 1 is 1.30 bits per heavy atom. The third kappa shape index (κ3) is 4.43. The fraction of sp³-hybridized carbons (Fsp3) is 0.600. The van der Waals surface area contributed by atoms with E-state index < -0.39 is 0 Å². The summed E-state index contributed by atoms with van der Waals surface area (Å²) in [5.74, 6) is 5.74. The summed E-state index contributed by atoms with van der Waals surface area (Å²) in [6.45, 7) is 3.37. The molecule has 20 heavy (non-hydrogen) atoms. The number of halogens is 1. The molecule has 1 fully saturated rings. The predicted octanol–water partition coefficient (Wildman–Crippen LogP) is 1.35. The van der Waals surface area contributed by atoms with Crippen LogP contribution in [-0.2, 0) is 6.42 Å². The van der Waals surface area contributed by atoms with Crippen molar-refractivity contribution in [1.29, 1.82) is 0 Å². The van der Waals surface area contributed by atoms with Crippen molar-refractivity contribution in [2.45, 2.75) is 24.9 Å². The quantitative estimate of drug-likeness (QED) is 0.636. The van der Waals surface area contributed by atoms with Crippen LogP contribution < -0.4 is 11.3 Å². The number of rotatable bonds is 5. The van der Waals surface area contributed by atoms with E-state index in [0.29, 0.717) is 6.04 Å². The van der Waals surface area contributed by atoms with Gasteiger partial charge < -0.3 is 9.80 Å². The smallest absolute Gasteiger partial charge is 0.0406 e. The minimum atomic E-state index is 0.287. The van der Waals surface area contributed by atoms with Crippen molar-refractivity contribution < 1.29 is 0 Å². The molecule has 1 heterocycles. The van der Waals surface area contributed by atoms with E-state index in [-0.39, 0.29) is 6.04 Å². The van der Waals surface area contributed by atoms with Crippen LogP contribution >= 0.6 is 11.6 Å². The largest absolute Gasteiger partial charge is 0.304 e. The fourth-order valence-corrected chi connectivity index (χ4v) is 2.93. The monoisotopic (exact) mass is 296 g/mol. The summed E-state index contributed by atoms with van der Waals surface area (Å²) >= 11 is 5.92. The van der Waals surface area contributed by atoms with E-state index in [9.17, 15) is 0 Å². The maximum Gasteiger partial charge on any atom is 0.0406 e. The number of hydrogen-bond donors (Lipinski definition) is 2. The lowest BCUT2D eigenvalue weighted by molar-refractivity contribution is 0.101. The van der Waals surface area contributed by atoms with Gasteiger partial charge in [0.25, 0.3) is 0 Å². The molecule has 0 radical (unpaired) electrons. The summed E-state index contributed by atoms with van der Waals surface area (Å²) in [5, 5.41) is 0.777. The molecule has 0 aliphatic carbocycles. The maximum absolute atomic E-state index is 5.92. The van der Waals surface area contributed by atoms with E-state index in [4.69, 9.17) is 17.4 Å². The molecule has 3 N–H and O–H groups in total. The van der Waals surface area contributed by atoms with Crippen molar-refractivity contribution in [3.63, 3.8) is 0 Å². The number of nitrogens with one attached hydrogen (secondary N) is 1. The van der Waals surface area contributed by atoms with Crippen molar-refractivity contribution in [3.8, 4) is 0 Å². The van der Waals surface area contributed by atoms with Crippen molar-refractivity contribution in [2.75, 3.05) is 33.7 Å². The lowest BCUT2D eigenvalue weighted by Crippen LogP contribution is -2.53. The summed E-state index contributed by atoms with van der Waals surface area (Å²) in [5.41, 5.74) is 4.24. The second-order valence-electron chi connectivity index (χ2n) is 5.83. The second kappa shape index (κ2) is 7.38. The zero-order valence-electron chi connectivity index (χ0n) is 12.3. The Morgan fingerprint density at radius 2 is 2.00 bits per heavy atom. The number of nitrogens with zero attached hydrogens (tertiary/aromatic N) is 2. The fourth-order valence-electron chi connectivity index (χ4n) is 2.80. The zero-order valence-corrected chi connectivity index (χ0v) is 13.1. The molecular weight excluding hydrogens is 272 g/mol. The van der Waals surface area contributed by atoms with Gasteiger partial charge in [-0.05, 0) is 44.6 Å². The van der Waals surface area contributed by atoms with E-state index in [0.717, 1.165) is 37.5 Å². The highest BCUT2D eigenvalue weighted by Crippen LogP contribution is 2.16. The first-order valence-corrected chi connectivity index (χ1v) is 7.55. The van der Waals surface area contributed by atoms with Crippen molar-refractivity contribution >= 4 is 11.6 Å². The van der Waals surface area contributed by atoms with Gasteiger partial charge in [0.15, 0.2) is 0 Å². The van der Waals surface area contributed by atoms with Gasteiger partial charge in [-0.15, -0.1) is 0 Å². The molecule has 2 atom stereocenters. The van der Waals surface area contributed by atoms with E-state index in [1.165, 1.54) is 5.56 Å². The van der Waals surface area contributed by atoms with Gasteiger partial charge in [0.2, 0.25) is 0 Å². The molecule has 2 unspecified atom stereocenters. The molecule has 1 aromatic carbocycles. The molecule has 0 bridgehead atoms. The lowest BCUT2D eigenvalue weighted by Gasteiger charge is -2.39. The Hall–Kier alpha value is -0.650. The highest BCUT2D eigenvalue weighted by molar-refractivity contribution is 6.30. The van der Waals surface area contributed by atoms with Gasteiger partial charge in [0, 0.05) is 36.7 Å². The van der Waals surface area contributed by atoms with Crippen LogP contribution in [0.5, 0.6) is 0 Å². The van der Waals surface area contributed by atoms with Crippen molar-refractivity contribution in [3.05, 3.63) is 34.9 Å². The average Bonchev–Trinajstić information content (AvgIpc) is 2.44. The lowest BCUT2D eigenvalue weighted by atomic mass is 9.98. The van der Waals surface area contributed by atoms with Crippen LogP contribution in [0, 0.1) is 0 Å². The maximum atomic E-state index is 5.92. The number of likely N-dealkylation sites (N-methyl/N-ethyl adjacent to an activating group) is 2. The molecule has 4 nitrogen and oxygen atoms in total. The molecular formula is C15H25ClN4. The normalized spacial score (nSPS) is 22.9. The minimum Gasteiger partial charge on any atom is -0.304 e. The number of piperazine rings is 1. The van der Waals surface area contributed by atoms with Crippen LogP contribution in [0.25, 0.3) is 0 Å². The Morgan fingerprint density at radius 3 is 2.65 bits per heavy atom. The number of benzene rings is 1. The van der Waals surface area contributed by atoms with Gasteiger partial charge in [0.05, 0.1) is 0 Å². The molecule has 0 amide bonds. The van der Waals surface area contributed by atoms with Gasteiger partial charge in [-0.1, -0.05) is 23.7 Å². The van der Waals surface area contributed by atoms with E-state index >= 15 is 0 Å². The van der Waals surface area contributed by atoms with E-state index in [2.05, 4.69) is 41.5 Å². The first-order chi connectivity index (χ1) is 9.58. The molecule has 1 saturated heterocycles. The predicted molar refractivity (Wildman–Crippen MR) is 84.8 cm³/mol.